The summed E-state index contributed by atoms with van der Waals surface area (Å²) in [5.41, 5.74) is 4.93. The van der Waals surface area contributed by atoms with Crippen LogP contribution >= 0.6 is 0 Å². The molecule has 2 amide bonds. The van der Waals surface area contributed by atoms with Crippen LogP contribution in [-0.2, 0) is 13.1 Å². The van der Waals surface area contributed by atoms with E-state index >= 15 is 0 Å². The first-order valence-electron chi connectivity index (χ1n) is 9.56. The van der Waals surface area contributed by atoms with Gasteiger partial charge in [0.1, 0.15) is 0 Å². The Bertz CT molecular complexity index is 910. The number of fused-ring (bicyclic) bond motifs is 1. The average Bonchev–Trinajstić information content (AvgIpc) is 3.03. The number of urea groups is 1. The number of H-pyrrole nitrogens is 1. The molecule has 140 valence electrons. The minimum atomic E-state index is 0.0294. The third kappa shape index (κ3) is 3.98. The highest BCUT2D eigenvalue weighted by Crippen LogP contribution is 2.23. The zero-order valence-electron chi connectivity index (χ0n) is 15.7. The van der Waals surface area contributed by atoms with Crippen molar-refractivity contribution < 1.29 is 4.79 Å². The molecule has 4 rings (SSSR count). The number of hydrogen-bond acceptors (Lipinski definition) is 2. The van der Waals surface area contributed by atoms with Crippen LogP contribution in [0, 0.1) is 6.92 Å². The first-order chi connectivity index (χ1) is 13.2. The van der Waals surface area contributed by atoms with Gasteiger partial charge in [0, 0.05) is 55.9 Å². The van der Waals surface area contributed by atoms with E-state index in [1.54, 1.807) is 0 Å². The first kappa shape index (κ1) is 17.6. The second-order valence-corrected chi connectivity index (χ2v) is 7.18. The number of aromatic amines is 1. The van der Waals surface area contributed by atoms with Crippen LogP contribution in [0.5, 0.6) is 0 Å². The molecule has 0 saturated carbocycles. The van der Waals surface area contributed by atoms with Crippen LogP contribution in [-0.4, -0.2) is 47.0 Å². The number of nitrogens with one attached hydrogen (secondary N) is 2. The normalized spacial score (nSPS) is 15.2. The molecule has 2 aromatic carbocycles. The quantitative estimate of drug-likeness (QED) is 0.746. The van der Waals surface area contributed by atoms with Crippen molar-refractivity contribution in [1.29, 1.82) is 0 Å². The Balaban J connectivity index is 1.31. The molecule has 3 aromatic rings. The van der Waals surface area contributed by atoms with Crippen molar-refractivity contribution in [3.8, 4) is 0 Å². The van der Waals surface area contributed by atoms with Crippen LogP contribution in [0.2, 0.25) is 0 Å². The van der Waals surface area contributed by atoms with Gasteiger partial charge in [0.05, 0.1) is 0 Å². The summed E-state index contributed by atoms with van der Waals surface area (Å²) >= 11 is 0. The van der Waals surface area contributed by atoms with Gasteiger partial charge in [-0.15, -0.1) is 0 Å². The van der Waals surface area contributed by atoms with Crippen molar-refractivity contribution in [2.45, 2.75) is 20.0 Å². The number of nitrogens with zero attached hydrogens (tertiary/aromatic N) is 2. The minimum Gasteiger partial charge on any atom is -0.358 e. The predicted octanol–water partition coefficient (Wildman–Crippen LogP) is 3.50. The number of rotatable bonds is 4. The van der Waals surface area contributed by atoms with Crippen LogP contribution < -0.4 is 5.32 Å². The summed E-state index contributed by atoms with van der Waals surface area (Å²) in [6, 6.07) is 18.5. The molecule has 2 heterocycles. The van der Waals surface area contributed by atoms with E-state index < -0.39 is 0 Å². The topological polar surface area (TPSA) is 51.4 Å². The summed E-state index contributed by atoms with van der Waals surface area (Å²) in [5.74, 6) is 0. The smallest absolute Gasteiger partial charge is 0.317 e. The Hall–Kier alpha value is -2.79. The number of amides is 2. The van der Waals surface area contributed by atoms with Gasteiger partial charge in [-0.2, -0.15) is 0 Å². The Kier molecular flexibility index (Phi) is 5.12. The molecule has 1 fully saturated rings. The fourth-order valence-corrected chi connectivity index (χ4v) is 3.76. The number of aryl methyl sites for hydroxylation is 1. The van der Waals surface area contributed by atoms with E-state index in [0.717, 1.165) is 38.3 Å². The first-order valence-corrected chi connectivity index (χ1v) is 9.56. The Morgan fingerprint density at radius 2 is 1.70 bits per heavy atom. The SMILES string of the molecule is Cc1[nH]c2ccccc2c1CN1CCN(C(=O)NCc2ccccc2)CC1. The summed E-state index contributed by atoms with van der Waals surface area (Å²) in [7, 11) is 0. The van der Waals surface area contributed by atoms with Gasteiger partial charge >= 0.3 is 6.03 Å². The zero-order chi connectivity index (χ0) is 18.6. The van der Waals surface area contributed by atoms with Crippen molar-refractivity contribution in [1.82, 2.24) is 20.1 Å². The van der Waals surface area contributed by atoms with Crippen LogP contribution in [0.3, 0.4) is 0 Å². The standard InChI is InChI=1S/C22H26N4O/c1-17-20(19-9-5-6-10-21(19)24-17)16-25-11-13-26(14-12-25)22(27)23-15-18-7-3-2-4-8-18/h2-10,24H,11-16H2,1H3,(H,23,27). The molecule has 1 saturated heterocycles. The lowest BCUT2D eigenvalue weighted by Crippen LogP contribution is -2.51. The second kappa shape index (κ2) is 7.84. The highest BCUT2D eigenvalue weighted by Gasteiger charge is 2.22. The van der Waals surface area contributed by atoms with E-state index in [1.165, 1.54) is 22.2 Å². The van der Waals surface area contributed by atoms with E-state index in [2.05, 4.69) is 46.4 Å². The molecule has 1 aromatic heterocycles. The lowest BCUT2D eigenvalue weighted by atomic mass is 10.1. The fourth-order valence-electron chi connectivity index (χ4n) is 3.76. The zero-order valence-corrected chi connectivity index (χ0v) is 15.7. The monoisotopic (exact) mass is 362 g/mol. The number of piperazine rings is 1. The van der Waals surface area contributed by atoms with E-state index in [1.807, 2.05) is 35.2 Å². The van der Waals surface area contributed by atoms with Crippen LogP contribution in [0.15, 0.2) is 54.6 Å². The second-order valence-electron chi connectivity index (χ2n) is 7.18. The Morgan fingerprint density at radius 3 is 2.48 bits per heavy atom. The van der Waals surface area contributed by atoms with Gasteiger partial charge in [0.15, 0.2) is 0 Å². The maximum Gasteiger partial charge on any atom is 0.317 e. The highest BCUT2D eigenvalue weighted by molar-refractivity contribution is 5.84. The van der Waals surface area contributed by atoms with E-state index in [-0.39, 0.29) is 6.03 Å². The van der Waals surface area contributed by atoms with Gasteiger partial charge in [-0.05, 0) is 24.1 Å². The molecular weight excluding hydrogens is 336 g/mol. The Labute approximate surface area is 160 Å². The molecule has 0 aliphatic carbocycles. The fraction of sp³-hybridized carbons (Fsp3) is 0.318. The van der Waals surface area contributed by atoms with Gasteiger partial charge in [-0.3, -0.25) is 4.90 Å². The largest absolute Gasteiger partial charge is 0.358 e. The molecule has 0 spiro atoms. The predicted molar refractivity (Wildman–Crippen MR) is 109 cm³/mol. The molecule has 0 unspecified atom stereocenters. The molecule has 0 atom stereocenters. The lowest BCUT2D eigenvalue weighted by Gasteiger charge is -2.34. The number of hydrogen-bond donors (Lipinski definition) is 2. The van der Waals surface area contributed by atoms with Gasteiger partial charge in [0.2, 0.25) is 0 Å². The summed E-state index contributed by atoms with van der Waals surface area (Å²) in [6.45, 7) is 6.98. The number of benzene rings is 2. The molecule has 5 heteroatoms. The van der Waals surface area contributed by atoms with E-state index in [4.69, 9.17) is 0 Å². The van der Waals surface area contributed by atoms with Crippen molar-refractivity contribution in [3.63, 3.8) is 0 Å². The number of aromatic nitrogens is 1. The maximum absolute atomic E-state index is 12.4. The van der Waals surface area contributed by atoms with Crippen LogP contribution in [0.1, 0.15) is 16.8 Å². The molecular formula is C22H26N4O. The summed E-state index contributed by atoms with van der Waals surface area (Å²) in [4.78, 5) is 20.2. The van der Waals surface area contributed by atoms with Gasteiger partial charge < -0.3 is 15.2 Å². The molecule has 1 aliphatic heterocycles. The summed E-state index contributed by atoms with van der Waals surface area (Å²) < 4.78 is 0. The summed E-state index contributed by atoms with van der Waals surface area (Å²) in [6.07, 6.45) is 0. The van der Waals surface area contributed by atoms with Crippen molar-refractivity contribution in [2.24, 2.45) is 0 Å². The molecule has 27 heavy (non-hydrogen) atoms. The Morgan fingerprint density at radius 1 is 1.00 bits per heavy atom. The average molecular weight is 362 g/mol. The van der Waals surface area contributed by atoms with Crippen LogP contribution in [0.4, 0.5) is 4.79 Å². The van der Waals surface area contributed by atoms with Crippen molar-refractivity contribution in [3.05, 3.63) is 71.4 Å². The minimum absolute atomic E-state index is 0.0294. The third-order valence-corrected chi connectivity index (χ3v) is 5.35. The summed E-state index contributed by atoms with van der Waals surface area (Å²) in [5, 5.41) is 4.33. The van der Waals surface area contributed by atoms with Gasteiger partial charge in [-0.25, -0.2) is 4.79 Å². The molecule has 0 bridgehead atoms. The molecule has 5 nitrogen and oxygen atoms in total. The van der Waals surface area contributed by atoms with Crippen LogP contribution in [0.25, 0.3) is 10.9 Å². The molecule has 2 N–H and O–H groups in total. The number of carbonyl (C=O) groups excluding carboxylic acids is 1. The van der Waals surface area contributed by atoms with E-state index in [0.29, 0.717) is 6.54 Å². The maximum atomic E-state index is 12.4. The number of para-hydroxylation sites is 1. The van der Waals surface area contributed by atoms with E-state index in [9.17, 15) is 4.79 Å². The van der Waals surface area contributed by atoms with Gasteiger partial charge in [-0.1, -0.05) is 48.5 Å². The van der Waals surface area contributed by atoms with Crippen molar-refractivity contribution >= 4 is 16.9 Å². The third-order valence-electron chi connectivity index (χ3n) is 5.35. The highest BCUT2D eigenvalue weighted by atomic mass is 16.2. The van der Waals surface area contributed by atoms with Gasteiger partial charge in [0.25, 0.3) is 0 Å². The van der Waals surface area contributed by atoms with Crippen molar-refractivity contribution in [2.75, 3.05) is 26.2 Å². The number of carbonyl (C=O) groups is 1. The molecule has 1 aliphatic rings. The molecule has 0 radical (unpaired) electrons. The lowest BCUT2D eigenvalue weighted by molar-refractivity contribution is 0.135.